The van der Waals surface area contributed by atoms with Crippen LogP contribution in [0.15, 0.2) is 18.3 Å². The average molecular weight is 305 g/mol. The summed E-state index contributed by atoms with van der Waals surface area (Å²) in [7, 11) is 1.59. The predicted octanol–water partition coefficient (Wildman–Crippen LogP) is 1.03. The number of rotatable bonds is 3. The van der Waals surface area contributed by atoms with E-state index in [0.717, 1.165) is 39.3 Å². The highest BCUT2D eigenvalue weighted by atomic mass is 16.5. The molecule has 2 atom stereocenters. The van der Waals surface area contributed by atoms with Gasteiger partial charge in [-0.1, -0.05) is 0 Å². The number of aromatic nitrogens is 1. The van der Waals surface area contributed by atoms with Crippen molar-refractivity contribution in [3.8, 4) is 5.75 Å². The molecule has 1 amide bonds. The van der Waals surface area contributed by atoms with Crippen LogP contribution in [-0.2, 0) is 4.74 Å². The average Bonchev–Trinajstić information content (AvgIpc) is 2.96. The molecule has 2 saturated heterocycles. The Morgan fingerprint density at radius 1 is 1.36 bits per heavy atom. The maximum absolute atomic E-state index is 12.7. The zero-order valence-corrected chi connectivity index (χ0v) is 13.2. The molecule has 0 radical (unpaired) electrons. The van der Waals surface area contributed by atoms with Gasteiger partial charge in [-0.15, -0.1) is 0 Å². The normalized spacial score (nSPS) is 26.2. The Balaban J connectivity index is 1.70. The first-order valence-corrected chi connectivity index (χ1v) is 7.83. The Morgan fingerprint density at radius 3 is 2.86 bits per heavy atom. The zero-order valence-electron chi connectivity index (χ0n) is 13.2. The van der Waals surface area contributed by atoms with E-state index in [2.05, 4.69) is 16.8 Å². The third kappa shape index (κ3) is 2.94. The molecule has 3 heterocycles. The van der Waals surface area contributed by atoms with Gasteiger partial charge in [-0.05, 0) is 19.4 Å². The van der Waals surface area contributed by atoms with E-state index in [1.165, 1.54) is 0 Å². The smallest absolute Gasteiger partial charge is 0.272 e. The number of amides is 1. The standard InChI is InChI=1S/C16H23N3O3/c1-12-15(18-7-9-22-10-8-18)4-6-19(12)16(20)14-11-13(21-2)3-5-17-14/h3,5,11-12,15H,4,6-10H2,1-2H3/t12-,15-/m1/s1. The van der Waals surface area contributed by atoms with Crippen LogP contribution in [0.5, 0.6) is 5.75 Å². The molecule has 1 aromatic rings. The highest BCUT2D eigenvalue weighted by Gasteiger charge is 2.38. The summed E-state index contributed by atoms with van der Waals surface area (Å²) >= 11 is 0. The van der Waals surface area contributed by atoms with E-state index in [9.17, 15) is 4.79 Å². The van der Waals surface area contributed by atoms with Crippen molar-refractivity contribution in [3.05, 3.63) is 24.0 Å². The fourth-order valence-electron chi connectivity index (χ4n) is 3.41. The van der Waals surface area contributed by atoms with Gasteiger partial charge in [0.25, 0.3) is 5.91 Å². The molecule has 0 spiro atoms. The van der Waals surface area contributed by atoms with E-state index < -0.39 is 0 Å². The van der Waals surface area contributed by atoms with Crippen LogP contribution >= 0.6 is 0 Å². The van der Waals surface area contributed by atoms with Gasteiger partial charge in [-0.25, -0.2) is 0 Å². The van der Waals surface area contributed by atoms with E-state index >= 15 is 0 Å². The van der Waals surface area contributed by atoms with Crippen LogP contribution in [0.2, 0.25) is 0 Å². The minimum absolute atomic E-state index is 0.0119. The second-order valence-corrected chi connectivity index (χ2v) is 5.82. The van der Waals surface area contributed by atoms with E-state index in [0.29, 0.717) is 17.5 Å². The topological polar surface area (TPSA) is 54.9 Å². The monoisotopic (exact) mass is 305 g/mol. The maximum Gasteiger partial charge on any atom is 0.272 e. The molecule has 0 aromatic carbocycles. The summed E-state index contributed by atoms with van der Waals surface area (Å²) in [5, 5.41) is 0. The summed E-state index contributed by atoms with van der Waals surface area (Å²) < 4.78 is 10.6. The third-order valence-electron chi connectivity index (χ3n) is 4.68. The molecule has 2 aliphatic rings. The number of ether oxygens (including phenoxy) is 2. The summed E-state index contributed by atoms with van der Waals surface area (Å²) in [4.78, 5) is 21.3. The number of methoxy groups -OCH3 is 1. The lowest BCUT2D eigenvalue weighted by Gasteiger charge is -2.35. The molecule has 0 saturated carbocycles. The number of hydrogen-bond donors (Lipinski definition) is 0. The van der Waals surface area contributed by atoms with Gasteiger partial charge in [-0.3, -0.25) is 14.7 Å². The molecule has 2 fully saturated rings. The number of nitrogens with zero attached hydrogens (tertiary/aromatic N) is 3. The van der Waals surface area contributed by atoms with Crippen molar-refractivity contribution in [3.63, 3.8) is 0 Å². The van der Waals surface area contributed by atoms with Crippen LogP contribution in [0.25, 0.3) is 0 Å². The van der Waals surface area contributed by atoms with Crippen molar-refractivity contribution >= 4 is 5.91 Å². The van der Waals surface area contributed by atoms with Gasteiger partial charge in [0.2, 0.25) is 0 Å². The van der Waals surface area contributed by atoms with Gasteiger partial charge in [-0.2, -0.15) is 0 Å². The third-order valence-corrected chi connectivity index (χ3v) is 4.68. The molecule has 2 aliphatic heterocycles. The van der Waals surface area contributed by atoms with Crippen LogP contribution in [0.3, 0.4) is 0 Å². The van der Waals surface area contributed by atoms with Crippen LogP contribution in [0.4, 0.5) is 0 Å². The second-order valence-electron chi connectivity index (χ2n) is 5.82. The Bertz CT molecular complexity index is 531. The number of carbonyl (C=O) groups excluding carboxylic acids is 1. The molecule has 3 rings (SSSR count). The molecule has 22 heavy (non-hydrogen) atoms. The molecule has 6 heteroatoms. The lowest BCUT2D eigenvalue weighted by molar-refractivity contribution is 0.0104. The van der Waals surface area contributed by atoms with Crippen LogP contribution < -0.4 is 4.74 Å². The summed E-state index contributed by atoms with van der Waals surface area (Å²) in [6.07, 6.45) is 2.63. The number of hydrogen-bond acceptors (Lipinski definition) is 5. The van der Waals surface area contributed by atoms with Crippen LogP contribution in [-0.4, -0.2) is 72.7 Å². The SMILES string of the molecule is COc1ccnc(C(=O)N2CC[C@@H](N3CCOCC3)[C@H]2C)c1. The lowest BCUT2D eigenvalue weighted by Crippen LogP contribution is -2.49. The van der Waals surface area contributed by atoms with Crippen LogP contribution in [0, 0.1) is 0 Å². The van der Waals surface area contributed by atoms with Gasteiger partial charge < -0.3 is 14.4 Å². The van der Waals surface area contributed by atoms with Gasteiger partial charge in [0, 0.05) is 44.0 Å². The molecule has 0 bridgehead atoms. The summed E-state index contributed by atoms with van der Waals surface area (Å²) in [6, 6.07) is 4.06. The number of pyridine rings is 1. The molecule has 0 N–H and O–H groups in total. The summed E-state index contributed by atoms with van der Waals surface area (Å²) in [6.45, 7) is 6.39. The number of likely N-dealkylation sites (tertiary alicyclic amines) is 1. The fourth-order valence-corrected chi connectivity index (χ4v) is 3.41. The van der Waals surface area contributed by atoms with Gasteiger partial charge in [0.05, 0.1) is 20.3 Å². The summed E-state index contributed by atoms with van der Waals surface area (Å²) in [5.41, 5.74) is 0.453. The van der Waals surface area contributed by atoms with E-state index in [1.54, 1.807) is 25.4 Å². The largest absolute Gasteiger partial charge is 0.497 e. The molecular formula is C16H23N3O3. The minimum Gasteiger partial charge on any atom is -0.497 e. The van der Waals surface area contributed by atoms with Crippen molar-refractivity contribution in [2.24, 2.45) is 0 Å². The van der Waals surface area contributed by atoms with Crippen molar-refractivity contribution in [1.29, 1.82) is 0 Å². The molecular weight excluding hydrogens is 282 g/mol. The van der Waals surface area contributed by atoms with E-state index in [1.807, 2.05) is 4.90 Å². The Morgan fingerprint density at radius 2 is 2.14 bits per heavy atom. The Kier molecular flexibility index (Phi) is 4.59. The quantitative estimate of drug-likeness (QED) is 0.835. The van der Waals surface area contributed by atoms with E-state index in [4.69, 9.17) is 9.47 Å². The second kappa shape index (κ2) is 6.62. The van der Waals surface area contributed by atoms with Crippen LogP contribution in [0.1, 0.15) is 23.8 Å². The first kappa shape index (κ1) is 15.2. The van der Waals surface area contributed by atoms with Gasteiger partial charge >= 0.3 is 0 Å². The van der Waals surface area contributed by atoms with Crippen molar-refractivity contribution in [2.75, 3.05) is 40.0 Å². The first-order chi connectivity index (χ1) is 10.7. The van der Waals surface area contributed by atoms with Crippen molar-refractivity contribution < 1.29 is 14.3 Å². The molecule has 0 unspecified atom stereocenters. The Labute approximate surface area is 131 Å². The first-order valence-electron chi connectivity index (χ1n) is 7.83. The van der Waals surface area contributed by atoms with E-state index in [-0.39, 0.29) is 11.9 Å². The highest BCUT2D eigenvalue weighted by molar-refractivity contribution is 5.93. The minimum atomic E-state index is -0.0119. The number of carbonyl (C=O) groups is 1. The predicted molar refractivity (Wildman–Crippen MR) is 82.1 cm³/mol. The van der Waals surface area contributed by atoms with Gasteiger partial charge in [0.1, 0.15) is 11.4 Å². The molecule has 120 valence electrons. The molecule has 1 aromatic heterocycles. The molecule has 6 nitrogen and oxygen atoms in total. The Hall–Kier alpha value is -1.66. The zero-order chi connectivity index (χ0) is 15.5. The number of morpholine rings is 1. The fraction of sp³-hybridized carbons (Fsp3) is 0.625. The maximum atomic E-state index is 12.7. The molecule has 0 aliphatic carbocycles. The van der Waals surface area contributed by atoms with Crippen molar-refractivity contribution in [2.45, 2.75) is 25.4 Å². The lowest BCUT2D eigenvalue weighted by atomic mass is 10.1. The summed E-state index contributed by atoms with van der Waals surface area (Å²) in [5.74, 6) is 0.650. The van der Waals surface area contributed by atoms with Gasteiger partial charge in [0.15, 0.2) is 0 Å². The van der Waals surface area contributed by atoms with Crippen molar-refractivity contribution in [1.82, 2.24) is 14.8 Å². The highest BCUT2D eigenvalue weighted by Crippen LogP contribution is 2.25.